The molecule has 0 saturated carbocycles. The molecule has 0 bridgehead atoms. The number of amides is 1. The molecule has 1 aromatic carbocycles. The number of aromatic nitrogens is 1. The Morgan fingerprint density at radius 2 is 2.05 bits per heavy atom. The third-order valence-electron chi connectivity index (χ3n) is 4.23. The third kappa shape index (κ3) is 2.37. The minimum Gasteiger partial charge on any atom is -0.348 e. The van der Waals surface area contributed by atoms with E-state index in [1.165, 1.54) is 18.9 Å². The van der Waals surface area contributed by atoms with Crippen LogP contribution >= 0.6 is 11.3 Å². The summed E-state index contributed by atoms with van der Waals surface area (Å²) in [5, 5.41) is 5.61. The van der Waals surface area contributed by atoms with Gasteiger partial charge < -0.3 is 10.2 Å². The van der Waals surface area contributed by atoms with Crippen molar-refractivity contribution < 1.29 is 9.18 Å². The third-order valence-corrected chi connectivity index (χ3v) is 5.13. The fraction of sp³-hybridized carbons (Fsp3) is 0.375. The smallest absolute Gasteiger partial charge is 0.224 e. The Bertz CT molecular complexity index is 737. The number of nitrogens with one attached hydrogen (secondary N) is 1. The van der Waals surface area contributed by atoms with Gasteiger partial charge in [-0.3, -0.25) is 4.79 Å². The molecule has 0 atom stereocenters. The van der Waals surface area contributed by atoms with Gasteiger partial charge in [0.25, 0.3) is 0 Å². The van der Waals surface area contributed by atoms with Crippen LogP contribution in [0.3, 0.4) is 0 Å². The van der Waals surface area contributed by atoms with Crippen LogP contribution in [0.4, 0.5) is 15.2 Å². The first-order valence-electron chi connectivity index (χ1n) is 7.54. The summed E-state index contributed by atoms with van der Waals surface area (Å²) in [6, 6.07) is 3.24. The van der Waals surface area contributed by atoms with Crippen molar-refractivity contribution in [3.05, 3.63) is 28.9 Å². The normalized spacial score (nSPS) is 17.5. The van der Waals surface area contributed by atoms with E-state index in [0.29, 0.717) is 29.8 Å². The van der Waals surface area contributed by atoms with Gasteiger partial charge in [0.15, 0.2) is 5.13 Å². The van der Waals surface area contributed by atoms with Crippen molar-refractivity contribution >= 4 is 28.1 Å². The lowest BCUT2D eigenvalue weighted by molar-refractivity contribution is -0.116. The van der Waals surface area contributed by atoms with Crippen LogP contribution in [0.1, 0.15) is 24.8 Å². The molecule has 6 heteroatoms. The minimum absolute atomic E-state index is 0.0513. The van der Waals surface area contributed by atoms with E-state index >= 15 is 0 Å². The molecule has 1 amide bonds. The Morgan fingerprint density at radius 3 is 2.86 bits per heavy atom. The van der Waals surface area contributed by atoms with Crippen LogP contribution in [-0.4, -0.2) is 24.0 Å². The minimum atomic E-state index is -0.334. The molecule has 0 aliphatic carbocycles. The van der Waals surface area contributed by atoms with E-state index in [1.54, 1.807) is 11.3 Å². The van der Waals surface area contributed by atoms with Crippen LogP contribution in [0.5, 0.6) is 0 Å². The number of carbonyl (C=O) groups is 1. The molecule has 1 N–H and O–H groups in total. The highest BCUT2D eigenvalue weighted by molar-refractivity contribution is 7.14. The molecule has 0 radical (unpaired) electrons. The summed E-state index contributed by atoms with van der Waals surface area (Å²) < 4.78 is 14.4. The van der Waals surface area contributed by atoms with Gasteiger partial charge in [-0.05, 0) is 37.0 Å². The van der Waals surface area contributed by atoms with Crippen molar-refractivity contribution in [2.45, 2.75) is 25.7 Å². The lowest BCUT2D eigenvalue weighted by Crippen LogP contribution is -2.19. The Kier molecular flexibility index (Phi) is 3.33. The number of rotatable bonds is 2. The van der Waals surface area contributed by atoms with Crippen molar-refractivity contribution in [2.75, 3.05) is 23.3 Å². The molecule has 114 valence electrons. The molecule has 1 fully saturated rings. The summed E-state index contributed by atoms with van der Waals surface area (Å²) >= 11 is 1.57. The first-order chi connectivity index (χ1) is 10.7. The first kappa shape index (κ1) is 13.7. The van der Waals surface area contributed by atoms with Gasteiger partial charge in [0, 0.05) is 36.1 Å². The monoisotopic (exact) mass is 317 g/mol. The molecule has 2 aliphatic heterocycles. The standard InChI is InChI=1S/C16H16FN3OS/c17-12-8-13-10(3-4-15(21)18-13)7-11(12)14-9-22-16(19-14)20-5-1-2-6-20/h7-9H,1-6H2,(H,18,21). The topological polar surface area (TPSA) is 45.2 Å². The number of anilines is 2. The Balaban J connectivity index is 1.69. The number of fused-ring (bicyclic) bond motifs is 1. The van der Waals surface area contributed by atoms with E-state index in [4.69, 9.17) is 0 Å². The summed E-state index contributed by atoms with van der Waals surface area (Å²) in [6.45, 7) is 2.07. The van der Waals surface area contributed by atoms with E-state index < -0.39 is 0 Å². The highest BCUT2D eigenvalue weighted by Gasteiger charge is 2.21. The number of thiazole rings is 1. The number of benzene rings is 1. The maximum atomic E-state index is 14.4. The molecule has 2 aromatic rings. The van der Waals surface area contributed by atoms with Gasteiger partial charge in [-0.2, -0.15) is 0 Å². The summed E-state index contributed by atoms with van der Waals surface area (Å²) in [5.41, 5.74) is 2.78. The van der Waals surface area contributed by atoms with Crippen molar-refractivity contribution in [1.82, 2.24) is 4.98 Å². The van der Waals surface area contributed by atoms with Gasteiger partial charge >= 0.3 is 0 Å². The second kappa shape index (κ2) is 5.35. The van der Waals surface area contributed by atoms with Gasteiger partial charge in [0.2, 0.25) is 5.91 Å². The van der Waals surface area contributed by atoms with E-state index in [-0.39, 0.29) is 11.7 Å². The van der Waals surface area contributed by atoms with Crippen LogP contribution < -0.4 is 10.2 Å². The number of hydrogen-bond donors (Lipinski definition) is 1. The first-order valence-corrected chi connectivity index (χ1v) is 8.42. The van der Waals surface area contributed by atoms with E-state index in [2.05, 4.69) is 15.2 Å². The van der Waals surface area contributed by atoms with Gasteiger partial charge in [0.1, 0.15) is 5.82 Å². The Hall–Kier alpha value is -1.95. The van der Waals surface area contributed by atoms with E-state index in [0.717, 1.165) is 23.8 Å². The van der Waals surface area contributed by atoms with Gasteiger partial charge in [-0.1, -0.05) is 0 Å². The lowest BCUT2D eigenvalue weighted by Gasteiger charge is -2.18. The van der Waals surface area contributed by atoms with Crippen molar-refractivity contribution in [3.8, 4) is 11.3 Å². The fourth-order valence-electron chi connectivity index (χ4n) is 3.04. The fourth-order valence-corrected chi connectivity index (χ4v) is 3.92. The molecule has 1 aromatic heterocycles. The summed E-state index contributed by atoms with van der Waals surface area (Å²) in [6.07, 6.45) is 3.50. The average molecular weight is 317 g/mol. The molecule has 22 heavy (non-hydrogen) atoms. The number of carbonyl (C=O) groups excluding carboxylic acids is 1. The molecule has 2 aliphatic rings. The van der Waals surface area contributed by atoms with Crippen LogP contribution in [0.15, 0.2) is 17.5 Å². The maximum absolute atomic E-state index is 14.4. The predicted octanol–water partition coefficient (Wildman–Crippen LogP) is 3.43. The van der Waals surface area contributed by atoms with Crippen molar-refractivity contribution in [2.24, 2.45) is 0 Å². The number of nitrogens with zero attached hydrogens (tertiary/aromatic N) is 2. The number of halogens is 1. The zero-order chi connectivity index (χ0) is 15.1. The van der Waals surface area contributed by atoms with Crippen LogP contribution in [0.25, 0.3) is 11.3 Å². The lowest BCUT2D eigenvalue weighted by atomic mass is 9.99. The molecular weight excluding hydrogens is 301 g/mol. The SMILES string of the molecule is O=C1CCc2cc(-c3csc(N4CCCC4)n3)c(F)cc2N1. The molecule has 4 nitrogen and oxygen atoms in total. The summed E-state index contributed by atoms with van der Waals surface area (Å²) in [4.78, 5) is 18.3. The van der Waals surface area contributed by atoms with Crippen LogP contribution in [0.2, 0.25) is 0 Å². The van der Waals surface area contributed by atoms with Crippen molar-refractivity contribution in [3.63, 3.8) is 0 Å². The molecule has 0 spiro atoms. The van der Waals surface area contributed by atoms with Gasteiger partial charge in [-0.15, -0.1) is 11.3 Å². The van der Waals surface area contributed by atoms with E-state index in [1.807, 2.05) is 11.4 Å². The molecule has 3 heterocycles. The zero-order valence-corrected chi connectivity index (χ0v) is 12.9. The predicted molar refractivity (Wildman–Crippen MR) is 85.9 cm³/mol. The Morgan fingerprint density at radius 1 is 1.23 bits per heavy atom. The van der Waals surface area contributed by atoms with Gasteiger partial charge in [0.05, 0.1) is 5.69 Å². The van der Waals surface area contributed by atoms with Crippen LogP contribution in [0, 0.1) is 5.82 Å². The highest BCUT2D eigenvalue weighted by atomic mass is 32.1. The van der Waals surface area contributed by atoms with Gasteiger partial charge in [-0.25, -0.2) is 9.37 Å². The maximum Gasteiger partial charge on any atom is 0.224 e. The second-order valence-electron chi connectivity index (χ2n) is 5.75. The molecular formula is C16H16FN3OS. The Labute approximate surface area is 132 Å². The molecule has 4 rings (SSSR count). The summed E-state index contributed by atoms with van der Waals surface area (Å²) in [7, 11) is 0. The largest absolute Gasteiger partial charge is 0.348 e. The zero-order valence-electron chi connectivity index (χ0n) is 12.1. The summed E-state index contributed by atoms with van der Waals surface area (Å²) in [5.74, 6) is -0.385. The van der Waals surface area contributed by atoms with Crippen molar-refractivity contribution in [1.29, 1.82) is 0 Å². The average Bonchev–Trinajstić information content (AvgIpc) is 3.17. The molecule has 0 unspecified atom stereocenters. The van der Waals surface area contributed by atoms with Crippen LogP contribution in [-0.2, 0) is 11.2 Å². The molecule has 1 saturated heterocycles. The second-order valence-corrected chi connectivity index (χ2v) is 6.58. The number of aryl methyl sites for hydroxylation is 1. The highest BCUT2D eigenvalue weighted by Crippen LogP contribution is 2.34. The van der Waals surface area contributed by atoms with E-state index in [9.17, 15) is 9.18 Å². The quantitative estimate of drug-likeness (QED) is 0.923. The number of hydrogen-bond acceptors (Lipinski definition) is 4.